The summed E-state index contributed by atoms with van der Waals surface area (Å²) >= 11 is 8.88. The Morgan fingerprint density at radius 1 is 1.19 bits per heavy atom. The Hall–Kier alpha value is -1.53. The zero-order valence-electron chi connectivity index (χ0n) is 10.2. The van der Waals surface area contributed by atoms with E-state index in [1.165, 1.54) is 30.3 Å². The lowest BCUT2D eigenvalue weighted by molar-refractivity contribution is -0.0498. The van der Waals surface area contributed by atoms with Crippen molar-refractivity contribution in [1.29, 1.82) is 0 Å². The molecule has 0 bridgehead atoms. The summed E-state index contributed by atoms with van der Waals surface area (Å²) in [5, 5.41) is 0.192. The molecule has 0 atom stereocenters. The second-order valence-electron chi connectivity index (χ2n) is 3.98. The zero-order valence-corrected chi connectivity index (χ0v) is 12.6. The van der Waals surface area contributed by atoms with E-state index >= 15 is 0 Å². The predicted molar refractivity (Wildman–Crippen MR) is 75.6 cm³/mol. The minimum Gasteiger partial charge on any atom is -0.435 e. The van der Waals surface area contributed by atoms with Gasteiger partial charge in [-0.05, 0) is 52.3 Å². The lowest BCUT2D eigenvalue weighted by Gasteiger charge is -2.07. The van der Waals surface area contributed by atoms with Crippen molar-refractivity contribution < 1.29 is 22.7 Å². The largest absolute Gasteiger partial charge is 0.435 e. The molecular weight excluding hydrogens is 373 g/mol. The van der Waals surface area contributed by atoms with Crippen LogP contribution in [0.1, 0.15) is 15.9 Å². The molecule has 0 aliphatic heterocycles. The predicted octanol–water partition coefficient (Wildman–Crippen LogP) is 5.07. The van der Waals surface area contributed by atoms with Crippen molar-refractivity contribution in [2.45, 2.75) is 6.61 Å². The maximum Gasteiger partial charge on any atom is 0.387 e. The Bertz CT molecular complexity index is 675. The van der Waals surface area contributed by atoms with E-state index in [9.17, 15) is 18.0 Å². The van der Waals surface area contributed by atoms with Gasteiger partial charge in [0, 0.05) is 10.0 Å². The molecule has 2 aromatic carbocycles. The zero-order chi connectivity index (χ0) is 15.6. The van der Waals surface area contributed by atoms with E-state index in [1.54, 1.807) is 0 Å². The SMILES string of the molecule is O=C(c1ccc(OC(F)F)cc1)c1cc(Cl)c(Br)cc1F. The van der Waals surface area contributed by atoms with E-state index in [2.05, 4.69) is 20.7 Å². The molecule has 2 rings (SSSR count). The summed E-state index contributed by atoms with van der Waals surface area (Å²) in [5.41, 5.74) is -0.0698. The Morgan fingerprint density at radius 2 is 1.81 bits per heavy atom. The molecule has 0 aliphatic rings. The van der Waals surface area contributed by atoms with Gasteiger partial charge in [-0.25, -0.2) is 4.39 Å². The molecule has 0 unspecified atom stereocenters. The number of ether oxygens (including phenoxy) is 1. The van der Waals surface area contributed by atoms with Crippen LogP contribution in [0.15, 0.2) is 40.9 Å². The summed E-state index contributed by atoms with van der Waals surface area (Å²) < 4.78 is 42.3. The second-order valence-corrected chi connectivity index (χ2v) is 5.24. The van der Waals surface area contributed by atoms with Gasteiger partial charge < -0.3 is 4.74 Å². The average molecular weight is 380 g/mol. The smallest absolute Gasteiger partial charge is 0.387 e. The lowest BCUT2D eigenvalue weighted by Crippen LogP contribution is -2.06. The van der Waals surface area contributed by atoms with Gasteiger partial charge >= 0.3 is 6.61 Å². The van der Waals surface area contributed by atoms with Gasteiger partial charge in [0.1, 0.15) is 11.6 Å². The van der Waals surface area contributed by atoms with Crippen molar-refractivity contribution in [1.82, 2.24) is 0 Å². The van der Waals surface area contributed by atoms with Crippen LogP contribution in [0, 0.1) is 5.82 Å². The molecule has 0 heterocycles. The highest BCUT2D eigenvalue weighted by Crippen LogP contribution is 2.27. The van der Waals surface area contributed by atoms with Gasteiger partial charge in [0.05, 0.1) is 10.6 Å². The number of carbonyl (C=O) groups excluding carboxylic acids is 1. The highest BCUT2D eigenvalue weighted by Gasteiger charge is 2.16. The summed E-state index contributed by atoms with van der Waals surface area (Å²) in [6, 6.07) is 7.25. The van der Waals surface area contributed by atoms with Crippen molar-refractivity contribution in [3.8, 4) is 5.75 Å². The van der Waals surface area contributed by atoms with Crippen molar-refractivity contribution in [3.63, 3.8) is 0 Å². The molecule has 2 aromatic rings. The van der Waals surface area contributed by atoms with Gasteiger partial charge in [-0.2, -0.15) is 8.78 Å². The van der Waals surface area contributed by atoms with Crippen LogP contribution in [0.4, 0.5) is 13.2 Å². The maximum absolute atomic E-state index is 13.8. The number of halogens is 5. The molecule has 0 amide bonds. The number of benzene rings is 2. The number of ketones is 1. The third-order valence-corrected chi connectivity index (χ3v) is 3.79. The van der Waals surface area contributed by atoms with E-state index in [4.69, 9.17) is 11.6 Å². The van der Waals surface area contributed by atoms with Crippen LogP contribution >= 0.6 is 27.5 Å². The lowest BCUT2D eigenvalue weighted by atomic mass is 10.0. The van der Waals surface area contributed by atoms with E-state index in [1.807, 2.05) is 0 Å². The first kappa shape index (κ1) is 15.9. The number of hydrogen-bond acceptors (Lipinski definition) is 2. The third-order valence-electron chi connectivity index (χ3n) is 2.60. The van der Waals surface area contributed by atoms with Crippen molar-refractivity contribution in [3.05, 3.63) is 62.8 Å². The van der Waals surface area contributed by atoms with Gasteiger partial charge in [-0.1, -0.05) is 11.6 Å². The summed E-state index contributed by atoms with van der Waals surface area (Å²) in [5.74, 6) is -1.43. The van der Waals surface area contributed by atoms with Crippen molar-refractivity contribution >= 4 is 33.3 Å². The van der Waals surface area contributed by atoms with E-state index in [0.717, 1.165) is 6.07 Å². The van der Waals surface area contributed by atoms with Crippen LogP contribution in [0.3, 0.4) is 0 Å². The molecule has 7 heteroatoms. The van der Waals surface area contributed by atoms with Crippen LogP contribution in [-0.4, -0.2) is 12.4 Å². The Kier molecular flexibility index (Phi) is 4.90. The van der Waals surface area contributed by atoms with Gasteiger partial charge in [0.15, 0.2) is 5.78 Å². The first-order valence-corrected chi connectivity index (χ1v) is 6.79. The van der Waals surface area contributed by atoms with E-state index in [-0.39, 0.29) is 21.9 Å². The fourth-order valence-corrected chi connectivity index (χ4v) is 2.12. The van der Waals surface area contributed by atoms with Crippen molar-refractivity contribution in [2.75, 3.05) is 0 Å². The molecule has 0 saturated heterocycles. The summed E-state index contributed by atoms with van der Waals surface area (Å²) in [4.78, 5) is 12.2. The Labute approximate surface area is 131 Å². The molecular formula is C14H7BrClF3O2. The monoisotopic (exact) mass is 378 g/mol. The van der Waals surface area contributed by atoms with Crippen LogP contribution in [0.2, 0.25) is 5.02 Å². The third kappa shape index (κ3) is 3.77. The fraction of sp³-hybridized carbons (Fsp3) is 0.0714. The minimum absolute atomic E-state index is 0.0872. The fourth-order valence-electron chi connectivity index (χ4n) is 1.64. The first-order chi connectivity index (χ1) is 9.88. The van der Waals surface area contributed by atoms with Crippen LogP contribution in [0.25, 0.3) is 0 Å². The summed E-state index contributed by atoms with van der Waals surface area (Å²) in [6.07, 6.45) is 0. The number of carbonyl (C=O) groups is 1. The van der Waals surface area contributed by atoms with Gasteiger partial charge in [-0.15, -0.1) is 0 Å². The Morgan fingerprint density at radius 3 is 2.38 bits per heavy atom. The number of alkyl halides is 2. The highest BCUT2D eigenvalue weighted by atomic mass is 79.9. The van der Waals surface area contributed by atoms with Crippen molar-refractivity contribution in [2.24, 2.45) is 0 Å². The van der Waals surface area contributed by atoms with E-state index < -0.39 is 18.2 Å². The molecule has 0 fully saturated rings. The van der Waals surface area contributed by atoms with Gasteiger partial charge in [0.25, 0.3) is 0 Å². The minimum atomic E-state index is -2.95. The molecule has 0 spiro atoms. The molecule has 110 valence electrons. The van der Waals surface area contributed by atoms with Crippen LogP contribution in [0.5, 0.6) is 5.75 Å². The molecule has 0 saturated carbocycles. The molecule has 0 N–H and O–H groups in total. The number of hydrogen-bond donors (Lipinski definition) is 0. The normalized spacial score (nSPS) is 10.8. The molecule has 21 heavy (non-hydrogen) atoms. The van der Waals surface area contributed by atoms with Gasteiger partial charge in [0.2, 0.25) is 0 Å². The average Bonchev–Trinajstić information content (AvgIpc) is 2.42. The second kappa shape index (κ2) is 6.49. The quantitative estimate of drug-likeness (QED) is 0.547. The first-order valence-electron chi connectivity index (χ1n) is 5.62. The van der Waals surface area contributed by atoms with Crippen LogP contribution in [-0.2, 0) is 0 Å². The van der Waals surface area contributed by atoms with E-state index in [0.29, 0.717) is 4.47 Å². The standard InChI is InChI=1S/C14H7BrClF3O2/c15-10-6-12(17)9(5-11(10)16)13(20)7-1-3-8(4-2-7)21-14(18)19/h1-6,14H. The molecule has 0 aliphatic carbocycles. The number of rotatable bonds is 4. The highest BCUT2D eigenvalue weighted by molar-refractivity contribution is 9.10. The summed E-state index contributed by atoms with van der Waals surface area (Å²) in [7, 11) is 0. The maximum atomic E-state index is 13.8. The Balaban J connectivity index is 2.30. The molecule has 0 radical (unpaired) electrons. The van der Waals surface area contributed by atoms with Gasteiger partial charge in [-0.3, -0.25) is 4.79 Å². The van der Waals surface area contributed by atoms with Crippen LogP contribution < -0.4 is 4.74 Å². The summed E-state index contributed by atoms with van der Waals surface area (Å²) in [6.45, 7) is -2.95. The molecule has 0 aromatic heterocycles. The topological polar surface area (TPSA) is 26.3 Å². The molecule has 2 nitrogen and oxygen atoms in total.